The lowest BCUT2D eigenvalue weighted by Crippen LogP contribution is -2.25. The number of rotatable bonds is 6. The summed E-state index contributed by atoms with van der Waals surface area (Å²) in [5.41, 5.74) is 1.79. The molecule has 2 aromatic rings. The highest BCUT2D eigenvalue weighted by molar-refractivity contribution is 6.15. The smallest absolute Gasteiger partial charge is 0.346 e. The van der Waals surface area contributed by atoms with E-state index in [0.29, 0.717) is 34.1 Å². The van der Waals surface area contributed by atoms with E-state index in [9.17, 15) is 9.59 Å². The number of carbonyl (C=O) groups excluding carboxylic acids is 2. The third-order valence-electron chi connectivity index (χ3n) is 4.58. The number of carbonyl (C=O) groups is 2. The molecule has 1 atom stereocenters. The van der Waals surface area contributed by atoms with Crippen LogP contribution in [0.4, 0.5) is 0 Å². The van der Waals surface area contributed by atoms with Gasteiger partial charge >= 0.3 is 5.97 Å². The normalized spacial score (nSPS) is 14.8. The molecule has 2 aromatic carbocycles. The van der Waals surface area contributed by atoms with E-state index in [-0.39, 0.29) is 11.5 Å². The number of ether oxygens (including phenoxy) is 5. The number of esters is 1. The summed E-state index contributed by atoms with van der Waals surface area (Å²) in [6, 6.07) is 8.58. The molecule has 1 unspecified atom stereocenters. The van der Waals surface area contributed by atoms with Crippen molar-refractivity contribution in [1.29, 1.82) is 0 Å². The number of hydrogen-bond donors (Lipinski definition) is 0. The van der Waals surface area contributed by atoms with E-state index in [1.165, 1.54) is 7.11 Å². The number of ketones is 1. The van der Waals surface area contributed by atoms with E-state index in [1.54, 1.807) is 64.5 Å². The first-order valence-corrected chi connectivity index (χ1v) is 8.94. The highest BCUT2D eigenvalue weighted by Crippen LogP contribution is 2.40. The molecule has 0 N–H and O–H groups in total. The maximum absolute atomic E-state index is 12.8. The Morgan fingerprint density at radius 1 is 1.03 bits per heavy atom. The minimum absolute atomic E-state index is 0.188. The highest BCUT2D eigenvalue weighted by Gasteiger charge is 2.31. The lowest BCUT2D eigenvalue weighted by molar-refractivity contribution is -0.147. The molecule has 0 aliphatic carbocycles. The second-order valence-corrected chi connectivity index (χ2v) is 6.40. The van der Waals surface area contributed by atoms with E-state index in [4.69, 9.17) is 18.9 Å². The van der Waals surface area contributed by atoms with Gasteiger partial charge in [-0.25, -0.2) is 4.79 Å². The Bertz CT molecular complexity index is 991. The fraction of sp³-hybridized carbons (Fsp3) is 0.273. The standard InChI is InChI=1S/C22H22O7/c1-12-16(28-13(2)22(24)27-5)9-7-15-20(23)19(29-21(12)15)11-14-6-8-17(25-3)18(10-14)26-4/h6-11,13H,1-5H3. The summed E-state index contributed by atoms with van der Waals surface area (Å²) in [5.74, 6) is 1.47. The van der Waals surface area contributed by atoms with E-state index in [2.05, 4.69) is 4.74 Å². The molecule has 0 saturated heterocycles. The molecular weight excluding hydrogens is 376 g/mol. The molecule has 3 rings (SSSR count). The van der Waals surface area contributed by atoms with Crippen molar-refractivity contribution in [2.75, 3.05) is 21.3 Å². The van der Waals surface area contributed by atoms with E-state index in [0.717, 1.165) is 5.56 Å². The van der Waals surface area contributed by atoms with Gasteiger partial charge in [0.15, 0.2) is 23.4 Å². The zero-order valence-corrected chi connectivity index (χ0v) is 16.9. The fourth-order valence-corrected chi connectivity index (χ4v) is 2.99. The highest BCUT2D eigenvalue weighted by atomic mass is 16.6. The second-order valence-electron chi connectivity index (χ2n) is 6.40. The van der Waals surface area contributed by atoms with Gasteiger partial charge in [-0.3, -0.25) is 4.79 Å². The van der Waals surface area contributed by atoms with Crippen molar-refractivity contribution >= 4 is 17.8 Å². The maximum atomic E-state index is 12.8. The number of methoxy groups -OCH3 is 3. The van der Waals surface area contributed by atoms with Crippen molar-refractivity contribution in [1.82, 2.24) is 0 Å². The van der Waals surface area contributed by atoms with Crippen molar-refractivity contribution in [3.63, 3.8) is 0 Å². The molecule has 7 nitrogen and oxygen atoms in total. The molecule has 1 heterocycles. The van der Waals surface area contributed by atoms with Gasteiger partial charge in [-0.05, 0) is 49.8 Å². The van der Waals surface area contributed by atoms with Crippen LogP contribution in [0.1, 0.15) is 28.4 Å². The molecular formula is C22H22O7. The monoisotopic (exact) mass is 398 g/mol. The summed E-state index contributed by atoms with van der Waals surface area (Å²) in [4.78, 5) is 24.4. The molecule has 0 aromatic heterocycles. The summed E-state index contributed by atoms with van der Waals surface area (Å²) >= 11 is 0. The van der Waals surface area contributed by atoms with Crippen LogP contribution in [-0.4, -0.2) is 39.2 Å². The van der Waals surface area contributed by atoms with E-state index >= 15 is 0 Å². The average molecular weight is 398 g/mol. The first-order chi connectivity index (χ1) is 13.9. The quantitative estimate of drug-likeness (QED) is 0.544. The summed E-state index contributed by atoms with van der Waals surface area (Å²) in [6.45, 7) is 3.36. The van der Waals surface area contributed by atoms with Gasteiger partial charge in [0.25, 0.3) is 0 Å². The fourth-order valence-electron chi connectivity index (χ4n) is 2.99. The van der Waals surface area contributed by atoms with Gasteiger partial charge < -0.3 is 23.7 Å². The Kier molecular flexibility index (Phi) is 5.77. The molecule has 1 aliphatic rings. The predicted molar refractivity (Wildman–Crippen MR) is 106 cm³/mol. The molecule has 0 fully saturated rings. The average Bonchev–Trinajstić information content (AvgIpc) is 3.05. The Balaban J connectivity index is 1.90. The van der Waals surface area contributed by atoms with Crippen LogP contribution >= 0.6 is 0 Å². The van der Waals surface area contributed by atoms with E-state index in [1.807, 2.05) is 0 Å². The maximum Gasteiger partial charge on any atom is 0.346 e. The van der Waals surface area contributed by atoms with Crippen LogP contribution in [0, 0.1) is 6.92 Å². The summed E-state index contributed by atoms with van der Waals surface area (Å²) < 4.78 is 26.7. The SMILES string of the molecule is COC(=O)C(C)Oc1ccc2c(c1C)OC(=Cc1ccc(OC)c(OC)c1)C2=O. The van der Waals surface area contributed by atoms with Crippen LogP contribution in [0.3, 0.4) is 0 Å². The lowest BCUT2D eigenvalue weighted by Gasteiger charge is -2.15. The van der Waals surface area contributed by atoms with Crippen molar-refractivity contribution in [3.05, 3.63) is 52.8 Å². The summed E-state index contributed by atoms with van der Waals surface area (Å²) in [5, 5.41) is 0. The molecule has 7 heteroatoms. The van der Waals surface area contributed by atoms with Crippen molar-refractivity contribution in [2.45, 2.75) is 20.0 Å². The summed E-state index contributed by atoms with van der Waals surface area (Å²) in [6.07, 6.45) is 0.858. The number of fused-ring (bicyclic) bond motifs is 1. The third kappa shape index (κ3) is 3.89. The van der Waals surface area contributed by atoms with Crippen LogP contribution in [0.2, 0.25) is 0 Å². The van der Waals surface area contributed by atoms with Crippen LogP contribution in [0.25, 0.3) is 6.08 Å². The lowest BCUT2D eigenvalue weighted by atomic mass is 10.1. The first-order valence-electron chi connectivity index (χ1n) is 8.94. The van der Waals surface area contributed by atoms with Crippen molar-refractivity contribution in [3.8, 4) is 23.0 Å². The van der Waals surface area contributed by atoms with Gasteiger partial charge in [-0.15, -0.1) is 0 Å². The van der Waals surface area contributed by atoms with Gasteiger partial charge in [-0.1, -0.05) is 6.07 Å². The van der Waals surface area contributed by atoms with Gasteiger partial charge in [0.05, 0.1) is 26.9 Å². The molecule has 0 amide bonds. The van der Waals surface area contributed by atoms with Gasteiger partial charge in [0, 0.05) is 5.56 Å². The largest absolute Gasteiger partial charge is 0.493 e. The van der Waals surface area contributed by atoms with Gasteiger partial charge in [0.1, 0.15) is 11.5 Å². The molecule has 0 spiro atoms. The zero-order valence-electron chi connectivity index (χ0n) is 16.9. The number of allylic oxidation sites excluding steroid dienone is 1. The number of Topliss-reactive ketones (excluding diaryl/α,β-unsaturated/α-hetero) is 1. The minimum Gasteiger partial charge on any atom is -0.493 e. The molecule has 0 bridgehead atoms. The van der Waals surface area contributed by atoms with Crippen molar-refractivity contribution in [2.24, 2.45) is 0 Å². The molecule has 29 heavy (non-hydrogen) atoms. The van der Waals surface area contributed by atoms with Crippen molar-refractivity contribution < 1.29 is 33.3 Å². The minimum atomic E-state index is -0.782. The van der Waals surface area contributed by atoms with Gasteiger partial charge in [0.2, 0.25) is 5.78 Å². The number of hydrogen-bond acceptors (Lipinski definition) is 7. The molecule has 0 radical (unpaired) electrons. The zero-order chi connectivity index (χ0) is 21.1. The Hall–Kier alpha value is -3.48. The second kappa shape index (κ2) is 8.26. The van der Waals surface area contributed by atoms with Crippen LogP contribution in [-0.2, 0) is 9.53 Å². The van der Waals surface area contributed by atoms with Crippen LogP contribution < -0.4 is 18.9 Å². The Labute approximate surface area is 168 Å². The van der Waals surface area contributed by atoms with Gasteiger partial charge in [-0.2, -0.15) is 0 Å². The predicted octanol–water partition coefficient (Wildman–Crippen LogP) is 3.57. The molecule has 152 valence electrons. The summed E-state index contributed by atoms with van der Waals surface area (Å²) in [7, 11) is 4.40. The third-order valence-corrected chi connectivity index (χ3v) is 4.58. The molecule has 0 saturated carbocycles. The topological polar surface area (TPSA) is 80.3 Å². The van der Waals surface area contributed by atoms with Crippen LogP contribution in [0.5, 0.6) is 23.0 Å². The first kappa shape index (κ1) is 20.3. The Morgan fingerprint density at radius 2 is 1.72 bits per heavy atom. The molecule has 1 aliphatic heterocycles. The van der Waals surface area contributed by atoms with E-state index < -0.39 is 12.1 Å². The van der Waals surface area contributed by atoms with Crippen LogP contribution in [0.15, 0.2) is 36.1 Å². The Morgan fingerprint density at radius 3 is 2.38 bits per heavy atom. The number of benzene rings is 2.